The van der Waals surface area contributed by atoms with Crippen LogP contribution in [0.2, 0.25) is 0 Å². The molecule has 148 valence electrons. The van der Waals surface area contributed by atoms with Crippen molar-refractivity contribution in [1.29, 1.82) is 5.26 Å². The lowest BCUT2D eigenvalue weighted by Crippen LogP contribution is -2.45. The molecule has 0 bridgehead atoms. The molecule has 1 fully saturated rings. The molecule has 1 aromatic heterocycles. The van der Waals surface area contributed by atoms with Gasteiger partial charge in [-0.15, -0.1) is 0 Å². The van der Waals surface area contributed by atoms with Gasteiger partial charge in [-0.3, -0.25) is 4.99 Å². The number of aromatic nitrogens is 1. The van der Waals surface area contributed by atoms with Crippen molar-refractivity contribution in [1.82, 2.24) is 4.98 Å². The zero-order valence-electron chi connectivity index (χ0n) is 16.6. The first kappa shape index (κ1) is 18.6. The Balaban J connectivity index is 1.36. The Labute approximate surface area is 176 Å². The van der Waals surface area contributed by atoms with Crippen molar-refractivity contribution in [2.45, 2.75) is 38.9 Å². The molecule has 0 radical (unpaired) electrons. The van der Waals surface area contributed by atoms with E-state index in [2.05, 4.69) is 48.0 Å². The average Bonchev–Trinajstić information content (AvgIpc) is 2.66. The fourth-order valence-corrected chi connectivity index (χ4v) is 4.97. The Morgan fingerprint density at radius 3 is 2.66 bits per heavy atom. The molecule has 0 spiro atoms. The summed E-state index contributed by atoms with van der Waals surface area (Å²) in [7, 11) is 0. The highest BCUT2D eigenvalue weighted by atomic mass is 35.5. The summed E-state index contributed by atoms with van der Waals surface area (Å²) in [4.78, 5) is 11.7. The van der Waals surface area contributed by atoms with Crippen LogP contribution in [0, 0.1) is 23.2 Å². The first-order valence-electron chi connectivity index (χ1n) is 10.2. The number of hydrogen-bond acceptors (Lipinski definition) is 5. The Kier molecular flexibility index (Phi) is 4.57. The van der Waals surface area contributed by atoms with Crippen LogP contribution in [0.4, 0.5) is 5.82 Å². The van der Waals surface area contributed by atoms with Crippen LogP contribution in [0.5, 0.6) is 0 Å². The number of allylic oxidation sites excluding steroid dienone is 5. The maximum atomic E-state index is 9.20. The van der Waals surface area contributed by atoms with Gasteiger partial charge in [-0.1, -0.05) is 17.7 Å². The quantitative estimate of drug-likeness (QED) is 0.742. The lowest BCUT2D eigenvalue weighted by molar-refractivity contribution is -0.00545. The van der Waals surface area contributed by atoms with Crippen molar-refractivity contribution < 1.29 is 4.74 Å². The second-order valence-electron chi connectivity index (χ2n) is 8.28. The maximum Gasteiger partial charge on any atom is 0.128 e. The zero-order chi connectivity index (χ0) is 20.1. The Hall–Kier alpha value is -2.42. The van der Waals surface area contributed by atoms with Gasteiger partial charge >= 0.3 is 0 Å². The highest BCUT2D eigenvalue weighted by Crippen LogP contribution is 2.52. The molecule has 1 aromatic rings. The smallest absolute Gasteiger partial charge is 0.128 e. The van der Waals surface area contributed by atoms with Crippen LogP contribution in [0.1, 0.15) is 32.3 Å². The number of nitrogens with zero attached hydrogens (tertiary/aromatic N) is 4. The number of anilines is 1. The van der Waals surface area contributed by atoms with Gasteiger partial charge in [0.05, 0.1) is 29.9 Å². The van der Waals surface area contributed by atoms with E-state index in [1.807, 2.05) is 12.4 Å². The van der Waals surface area contributed by atoms with Gasteiger partial charge in [0, 0.05) is 47.6 Å². The van der Waals surface area contributed by atoms with Crippen LogP contribution in [0.25, 0.3) is 5.57 Å². The normalized spacial score (nSPS) is 31.0. The lowest BCUT2D eigenvalue weighted by atomic mass is 9.69. The highest BCUT2D eigenvalue weighted by Gasteiger charge is 2.40. The lowest BCUT2D eigenvalue weighted by Gasteiger charge is -2.38. The van der Waals surface area contributed by atoms with Crippen molar-refractivity contribution in [3.8, 4) is 6.07 Å². The van der Waals surface area contributed by atoms with E-state index in [9.17, 15) is 5.26 Å². The first-order valence-corrected chi connectivity index (χ1v) is 10.6. The topological polar surface area (TPSA) is 61.5 Å². The molecule has 0 aromatic carbocycles. The summed E-state index contributed by atoms with van der Waals surface area (Å²) in [5, 5.41) is 10.0. The number of pyridine rings is 1. The van der Waals surface area contributed by atoms with Crippen LogP contribution in [-0.2, 0) is 4.74 Å². The highest BCUT2D eigenvalue weighted by molar-refractivity contribution is 6.38. The molecule has 6 heteroatoms. The summed E-state index contributed by atoms with van der Waals surface area (Å²) in [5.74, 6) is 1.14. The molecular formula is C23H23ClN4O. The van der Waals surface area contributed by atoms with E-state index in [4.69, 9.17) is 21.3 Å². The van der Waals surface area contributed by atoms with E-state index >= 15 is 0 Å². The van der Waals surface area contributed by atoms with Crippen LogP contribution in [0.3, 0.4) is 0 Å². The molecule has 5 nitrogen and oxygen atoms in total. The SMILES string of the molecule is C[C@@H]1CN(c2ccc(C3=C(Cl)C4CC(C5=CC[C@H]5C#N)=C4N=C3)cn2)C[C@H](C)O1. The largest absolute Gasteiger partial charge is 0.372 e. The molecule has 0 amide bonds. The fourth-order valence-electron chi connectivity index (χ4n) is 4.63. The molecule has 4 aliphatic rings. The zero-order valence-corrected chi connectivity index (χ0v) is 17.4. The molecule has 4 atom stereocenters. The van der Waals surface area contributed by atoms with Gasteiger partial charge in [0.2, 0.25) is 0 Å². The third-order valence-electron chi connectivity index (χ3n) is 6.20. The van der Waals surface area contributed by atoms with Crippen LogP contribution in [-0.4, -0.2) is 36.5 Å². The van der Waals surface area contributed by atoms with E-state index < -0.39 is 0 Å². The summed E-state index contributed by atoms with van der Waals surface area (Å²) in [6.45, 7) is 5.88. The maximum absolute atomic E-state index is 9.20. The summed E-state index contributed by atoms with van der Waals surface area (Å²) < 4.78 is 5.81. The molecule has 1 unspecified atom stereocenters. The van der Waals surface area contributed by atoms with Gasteiger partial charge in [0.15, 0.2) is 0 Å². The van der Waals surface area contributed by atoms with E-state index in [-0.39, 0.29) is 24.0 Å². The molecule has 3 heterocycles. The number of hydrogen-bond donors (Lipinski definition) is 0. The summed E-state index contributed by atoms with van der Waals surface area (Å²) in [6, 6.07) is 6.49. The third kappa shape index (κ3) is 3.11. The van der Waals surface area contributed by atoms with Crippen molar-refractivity contribution in [2.24, 2.45) is 16.8 Å². The molecule has 0 saturated carbocycles. The van der Waals surface area contributed by atoms with Crippen molar-refractivity contribution >= 4 is 29.2 Å². The van der Waals surface area contributed by atoms with E-state index in [0.29, 0.717) is 0 Å². The molecule has 0 N–H and O–H groups in total. The summed E-state index contributed by atoms with van der Waals surface area (Å²) >= 11 is 6.76. The predicted molar refractivity (Wildman–Crippen MR) is 115 cm³/mol. The second kappa shape index (κ2) is 7.12. The number of aliphatic imine (C=N–C) groups is 1. The monoisotopic (exact) mass is 406 g/mol. The minimum Gasteiger partial charge on any atom is -0.372 e. The Morgan fingerprint density at radius 2 is 2.03 bits per heavy atom. The van der Waals surface area contributed by atoms with E-state index in [1.165, 1.54) is 5.57 Å². The molecule has 2 aliphatic heterocycles. The number of halogens is 1. The molecule has 5 rings (SSSR count). The standard InChI is InChI=1S/C23H23ClN4O/c1-13-11-28(12-14(2)29-13)21-6-4-16(9-26-21)20-10-27-23-18(7-19(23)22(20)24)17-5-3-15(17)8-25/h4-6,9-10,13-15,19H,3,7,11-12H2,1-2H3/t13-,14+,15-,19?/m0/s1. The fraction of sp³-hybridized carbons (Fsp3) is 0.435. The van der Waals surface area contributed by atoms with E-state index in [0.717, 1.165) is 59.2 Å². The van der Waals surface area contributed by atoms with Gasteiger partial charge in [0.1, 0.15) is 5.82 Å². The van der Waals surface area contributed by atoms with Crippen LogP contribution in [0.15, 0.2) is 51.3 Å². The minimum atomic E-state index is 0.0279. The number of rotatable bonds is 3. The van der Waals surface area contributed by atoms with Crippen molar-refractivity contribution in [2.75, 3.05) is 18.0 Å². The van der Waals surface area contributed by atoms with Crippen molar-refractivity contribution in [3.63, 3.8) is 0 Å². The first-order chi connectivity index (χ1) is 14.0. The van der Waals surface area contributed by atoms with Crippen molar-refractivity contribution in [3.05, 3.63) is 51.8 Å². The minimum absolute atomic E-state index is 0.0279. The number of ether oxygens (including phenoxy) is 1. The van der Waals surface area contributed by atoms with Crippen LogP contribution < -0.4 is 4.90 Å². The second-order valence-corrected chi connectivity index (χ2v) is 8.69. The Bertz CT molecular complexity index is 1000. The van der Waals surface area contributed by atoms with Gasteiger partial charge in [0.25, 0.3) is 0 Å². The van der Waals surface area contributed by atoms with Gasteiger partial charge in [-0.2, -0.15) is 5.26 Å². The molecule has 1 saturated heterocycles. The predicted octanol–water partition coefficient (Wildman–Crippen LogP) is 4.47. The Morgan fingerprint density at radius 1 is 1.24 bits per heavy atom. The number of fused-ring (bicyclic) bond motifs is 1. The van der Waals surface area contributed by atoms with E-state index in [1.54, 1.807) is 0 Å². The van der Waals surface area contributed by atoms with Gasteiger partial charge in [-0.25, -0.2) is 4.98 Å². The summed E-state index contributed by atoms with van der Waals surface area (Å²) in [5.41, 5.74) is 5.34. The number of morpholine rings is 1. The molecule has 29 heavy (non-hydrogen) atoms. The van der Waals surface area contributed by atoms with Gasteiger partial charge < -0.3 is 9.64 Å². The number of nitriles is 1. The summed E-state index contributed by atoms with van der Waals surface area (Å²) in [6.07, 6.45) is 8.01. The molecule has 2 aliphatic carbocycles. The van der Waals surface area contributed by atoms with Gasteiger partial charge in [-0.05, 0) is 50.0 Å². The number of dihydropyridines is 1. The third-order valence-corrected chi connectivity index (χ3v) is 6.67. The van der Waals surface area contributed by atoms with Crippen LogP contribution >= 0.6 is 11.6 Å². The molecular weight excluding hydrogens is 384 g/mol. The average molecular weight is 407 g/mol.